The highest BCUT2D eigenvalue weighted by Gasteiger charge is 2.52. The largest absolute Gasteiger partial charge is 0.298 e. The quantitative estimate of drug-likeness (QED) is 0.432. The Balaban J connectivity index is 1.60. The van der Waals surface area contributed by atoms with Crippen molar-refractivity contribution in [3.8, 4) is 0 Å². The van der Waals surface area contributed by atoms with Crippen LogP contribution in [0.5, 0.6) is 0 Å². The van der Waals surface area contributed by atoms with E-state index in [4.69, 9.17) is 0 Å². The molecule has 3 heterocycles. The minimum absolute atomic E-state index is 0.268. The van der Waals surface area contributed by atoms with Gasteiger partial charge in [0.2, 0.25) is 0 Å². The van der Waals surface area contributed by atoms with Crippen LogP contribution in [-0.4, -0.2) is 69.6 Å². The van der Waals surface area contributed by atoms with Gasteiger partial charge in [-0.1, -0.05) is 34.6 Å². The second-order valence-corrected chi connectivity index (χ2v) is 15.1. The van der Waals surface area contributed by atoms with Crippen LogP contribution in [0.15, 0.2) is 0 Å². The Morgan fingerprint density at radius 1 is 0.719 bits per heavy atom. The van der Waals surface area contributed by atoms with Crippen molar-refractivity contribution in [2.75, 3.05) is 26.2 Å². The van der Waals surface area contributed by atoms with Crippen LogP contribution in [0.25, 0.3) is 0 Å². The molecule has 3 heteroatoms. The fraction of sp³-hybridized carbons (Fsp3) is 1.00. The molecule has 2 atom stereocenters. The number of hydrogen-bond donors (Lipinski definition) is 0. The molecule has 3 aliphatic rings. The highest BCUT2D eigenvalue weighted by molar-refractivity contribution is 5.08. The smallest absolute Gasteiger partial charge is 0.0244 e. The maximum atomic E-state index is 2.89. The lowest BCUT2D eigenvalue weighted by atomic mass is 9.66. The van der Waals surface area contributed by atoms with Gasteiger partial charge in [-0.2, -0.15) is 0 Å². The molecule has 188 valence electrons. The number of piperazine rings is 1. The Morgan fingerprint density at radius 2 is 1.22 bits per heavy atom. The van der Waals surface area contributed by atoms with Gasteiger partial charge in [-0.3, -0.25) is 14.7 Å². The Hall–Kier alpha value is -0.120. The van der Waals surface area contributed by atoms with Crippen molar-refractivity contribution in [3.05, 3.63) is 0 Å². The minimum Gasteiger partial charge on any atom is -0.298 e. The van der Waals surface area contributed by atoms with Gasteiger partial charge in [0, 0.05) is 41.8 Å². The molecule has 3 saturated heterocycles. The van der Waals surface area contributed by atoms with Crippen molar-refractivity contribution >= 4 is 0 Å². The van der Waals surface area contributed by atoms with E-state index in [0.717, 1.165) is 18.0 Å². The summed E-state index contributed by atoms with van der Waals surface area (Å²) in [5, 5.41) is 0. The third kappa shape index (κ3) is 4.82. The summed E-state index contributed by atoms with van der Waals surface area (Å²) >= 11 is 0. The molecule has 0 N–H and O–H groups in total. The SMILES string of the molecule is CCC(C)(C)C(C)(C)N1CCC(C(C)(C)CC(C)(C)N2C[C@@H]3C[C@H]2CN3C(C)(C)C)CC1. The maximum Gasteiger partial charge on any atom is 0.0244 e. The molecule has 0 spiro atoms. The van der Waals surface area contributed by atoms with Gasteiger partial charge >= 0.3 is 0 Å². The standard InChI is InChI=1S/C29H57N3/c1-13-27(7,8)29(11,12)30-16-14-22(15-17-30)26(5,6)21-28(9,10)32-20-23-18-24(32)19-31(23)25(2,3)4/h22-24H,13-21H2,1-12H3/t23-,24-/m0/s1. The first kappa shape index (κ1) is 26.5. The fourth-order valence-corrected chi connectivity index (χ4v) is 7.67. The fourth-order valence-electron chi connectivity index (χ4n) is 7.67. The van der Waals surface area contributed by atoms with Crippen molar-refractivity contribution in [1.82, 2.24) is 14.7 Å². The van der Waals surface area contributed by atoms with Crippen molar-refractivity contribution in [2.24, 2.45) is 16.7 Å². The average molecular weight is 448 g/mol. The second kappa shape index (κ2) is 8.52. The summed E-state index contributed by atoms with van der Waals surface area (Å²) in [7, 11) is 0. The lowest BCUT2D eigenvalue weighted by molar-refractivity contribution is -0.0448. The molecule has 0 aromatic heterocycles. The lowest BCUT2D eigenvalue weighted by Crippen LogP contribution is -2.60. The molecule has 32 heavy (non-hydrogen) atoms. The van der Waals surface area contributed by atoms with Crippen LogP contribution < -0.4 is 0 Å². The number of hydrogen-bond acceptors (Lipinski definition) is 3. The molecule has 0 saturated carbocycles. The first-order valence-electron chi connectivity index (χ1n) is 13.7. The van der Waals surface area contributed by atoms with E-state index in [-0.39, 0.29) is 11.1 Å². The van der Waals surface area contributed by atoms with E-state index in [9.17, 15) is 0 Å². The highest BCUT2D eigenvalue weighted by atomic mass is 15.4. The summed E-state index contributed by atoms with van der Waals surface area (Å²) in [6.07, 6.45) is 6.64. The second-order valence-electron chi connectivity index (χ2n) is 15.1. The first-order chi connectivity index (χ1) is 14.4. The lowest BCUT2D eigenvalue weighted by Gasteiger charge is -2.54. The molecule has 3 aliphatic heterocycles. The van der Waals surface area contributed by atoms with E-state index < -0.39 is 0 Å². The molecule has 0 radical (unpaired) electrons. The first-order valence-corrected chi connectivity index (χ1v) is 13.7. The zero-order chi connectivity index (χ0) is 24.3. The Bertz CT molecular complexity index is 646. The van der Waals surface area contributed by atoms with Crippen LogP contribution in [-0.2, 0) is 0 Å². The molecule has 2 bridgehead atoms. The van der Waals surface area contributed by atoms with Crippen LogP contribution >= 0.6 is 0 Å². The maximum absolute atomic E-state index is 2.89. The number of rotatable bonds is 7. The molecule has 0 aliphatic carbocycles. The molecule has 0 unspecified atom stereocenters. The van der Waals surface area contributed by atoms with Gasteiger partial charge in [-0.25, -0.2) is 0 Å². The van der Waals surface area contributed by atoms with E-state index in [2.05, 4.69) is 97.8 Å². The Morgan fingerprint density at radius 3 is 1.66 bits per heavy atom. The van der Waals surface area contributed by atoms with E-state index >= 15 is 0 Å². The summed E-state index contributed by atoms with van der Waals surface area (Å²) in [4.78, 5) is 8.46. The van der Waals surface area contributed by atoms with Gasteiger partial charge in [-0.05, 0) is 110 Å². The van der Waals surface area contributed by atoms with Gasteiger partial charge in [0.15, 0.2) is 0 Å². The Labute approximate surface area is 201 Å². The van der Waals surface area contributed by atoms with Gasteiger partial charge in [0.1, 0.15) is 0 Å². The Kier molecular flexibility index (Phi) is 7.05. The van der Waals surface area contributed by atoms with Crippen molar-refractivity contribution in [2.45, 2.75) is 144 Å². The van der Waals surface area contributed by atoms with E-state index in [1.165, 1.54) is 58.3 Å². The molecule has 3 rings (SSSR count). The topological polar surface area (TPSA) is 9.72 Å². The monoisotopic (exact) mass is 447 g/mol. The number of piperidine rings is 1. The van der Waals surface area contributed by atoms with Gasteiger partial charge in [-0.15, -0.1) is 0 Å². The van der Waals surface area contributed by atoms with E-state index in [1.54, 1.807) is 0 Å². The van der Waals surface area contributed by atoms with Crippen molar-refractivity contribution in [3.63, 3.8) is 0 Å². The molecule has 3 fully saturated rings. The van der Waals surface area contributed by atoms with Gasteiger partial charge in [0.05, 0.1) is 0 Å². The summed E-state index contributed by atoms with van der Waals surface area (Å²) in [6.45, 7) is 34.7. The number of likely N-dealkylation sites (tertiary alicyclic amines) is 3. The summed E-state index contributed by atoms with van der Waals surface area (Å²) < 4.78 is 0. The minimum atomic E-state index is 0.268. The zero-order valence-electron chi connectivity index (χ0n) is 23.9. The van der Waals surface area contributed by atoms with E-state index in [1.807, 2.05) is 0 Å². The molecule has 0 amide bonds. The average Bonchev–Trinajstić information content (AvgIpc) is 3.28. The highest BCUT2D eigenvalue weighted by Crippen LogP contribution is 2.48. The predicted octanol–water partition coefficient (Wildman–Crippen LogP) is 6.67. The summed E-state index contributed by atoms with van der Waals surface area (Å²) in [5.74, 6) is 0.837. The summed E-state index contributed by atoms with van der Waals surface area (Å²) in [5.41, 5.74) is 1.61. The third-order valence-corrected chi connectivity index (χ3v) is 10.7. The van der Waals surface area contributed by atoms with Crippen LogP contribution in [0.2, 0.25) is 0 Å². The molecule has 0 aromatic carbocycles. The van der Waals surface area contributed by atoms with E-state index in [0.29, 0.717) is 16.4 Å². The number of nitrogens with zero attached hydrogens (tertiary/aromatic N) is 3. The van der Waals surface area contributed by atoms with Crippen LogP contribution in [0, 0.1) is 16.7 Å². The zero-order valence-corrected chi connectivity index (χ0v) is 23.9. The summed E-state index contributed by atoms with van der Waals surface area (Å²) in [6, 6.07) is 1.51. The normalized spacial score (nSPS) is 28.1. The van der Waals surface area contributed by atoms with Crippen LogP contribution in [0.4, 0.5) is 0 Å². The van der Waals surface area contributed by atoms with Crippen molar-refractivity contribution in [1.29, 1.82) is 0 Å². The molecule has 3 nitrogen and oxygen atoms in total. The van der Waals surface area contributed by atoms with Gasteiger partial charge < -0.3 is 0 Å². The van der Waals surface area contributed by atoms with Gasteiger partial charge in [0.25, 0.3) is 0 Å². The third-order valence-electron chi connectivity index (χ3n) is 10.7. The van der Waals surface area contributed by atoms with Crippen LogP contribution in [0.3, 0.4) is 0 Å². The van der Waals surface area contributed by atoms with Crippen molar-refractivity contribution < 1.29 is 0 Å². The molecular weight excluding hydrogens is 390 g/mol. The molecule has 0 aromatic rings. The van der Waals surface area contributed by atoms with Crippen LogP contribution in [0.1, 0.15) is 115 Å². The number of fused-ring (bicyclic) bond motifs is 2. The predicted molar refractivity (Wildman–Crippen MR) is 140 cm³/mol. The molecular formula is C29H57N3.